The Labute approximate surface area is 209 Å². The summed E-state index contributed by atoms with van der Waals surface area (Å²) in [6.45, 7) is 3.40. The molecule has 0 aliphatic heterocycles. The van der Waals surface area contributed by atoms with E-state index in [1.54, 1.807) is 55.6 Å². The van der Waals surface area contributed by atoms with Gasteiger partial charge in [-0.05, 0) is 43.7 Å². The fourth-order valence-corrected chi connectivity index (χ4v) is 4.08. The number of carbonyl (C=O) groups excluding carboxylic acids is 3. The fraction of sp³-hybridized carbons (Fsp3) is 0.222. The predicted molar refractivity (Wildman–Crippen MR) is 137 cm³/mol. The highest BCUT2D eigenvalue weighted by molar-refractivity contribution is 8.00. The minimum absolute atomic E-state index is 0.0894. The summed E-state index contributed by atoms with van der Waals surface area (Å²) in [7, 11) is 1.56. The number of rotatable bonds is 10. The Balaban J connectivity index is 1.56. The molecule has 0 spiro atoms. The molecule has 7 nitrogen and oxygen atoms in total. The molecule has 0 fully saturated rings. The molecule has 2 unspecified atom stereocenters. The minimum Gasteiger partial charge on any atom is -0.497 e. The topological polar surface area (TPSA) is 93.7 Å². The second-order valence-electron chi connectivity index (χ2n) is 7.75. The number of ether oxygens (including phenoxy) is 2. The number of hydrogen-bond donors (Lipinski definition) is 2. The Morgan fingerprint density at radius 2 is 1.63 bits per heavy atom. The zero-order chi connectivity index (χ0) is 25.2. The SMILES string of the molecule is COc1cccc(NC(=O)CSc2ccccc2C(=O)OC(C)C(=O)NC(C)c2ccccc2)c1. The highest BCUT2D eigenvalue weighted by Crippen LogP contribution is 2.25. The average molecular weight is 493 g/mol. The van der Waals surface area contributed by atoms with E-state index < -0.39 is 18.0 Å². The van der Waals surface area contributed by atoms with Crippen LogP contribution in [0.5, 0.6) is 5.75 Å². The summed E-state index contributed by atoms with van der Waals surface area (Å²) in [6.07, 6.45) is -0.983. The van der Waals surface area contributed by atoms with Gasteiger partial charge in [0.15, 0.2) is 6.10 Å². The number of nitrogens with one attached hydrogen (secondary N) is 2. The van der Waals surface area contributed by atoms with Crippen LogP contribution in [-0.4, -0.2) is 36.8 Å². The van der Waals surface area contributed by atoms with Gasteiger partial charge in [0, 0.05) is 16.6 Å². The van der Waals surface area contributed by atoms with E-state index in [0.29, 0.717) is 21.9 Å². The number of thioether (sulfide) groups is 1. The molecular weight excluding hydrogens is 464 g/mol. The van der Waals surface area contributed by atoms with Gasteiger partial charge in [-0.3, -0.25) is 9.59 Å². The lowest BCUT2D eigenvalue weighted by molar-refractivity contribution is -0.129. The molecule has 3 aromatic rings. The number of methoxy groups -OCH3 is 1. The number of benzene rings is 3. The molecule has 8 heteroatoms. The molecule has 2 amide bonds. The maximum atomic E-state index is 12.8. The molecule has 3 rings (SSSR count). The Kier molecular flexibility index (Phi) is 9.31. The van der Waals surface area contributed by atoms with Gasteiger partial charge in [-0.2, -0.15) is 0 Å². The summed E-state index contributed by atoms with van der Waals surface area (Å²) in [5, 5.41) is 5.66. The summed E-state index contributed by atoms with van der Waals surface area (Å²) in [4.78, 5) is 38.4. The van der Waals surface area contributed by atoms with Crippen molar-refractivity contribution in [1.29, 1.82) is 0 Å². The first kappa shape index (κ1) is 25.8. The molecule has 35 heavy (non-hydrogen) atoms. The van der Waals surface area contributed by atoms with Crippen molar-refractivity contribution >= 4 is 35.2 Å². The number of carbonyl (C=O) groups is 3. The van der Waals surface area contributed by atoms with Gasteiger partial charge in [0.1, 0.15) is 5.75 Å². The van der Waals surface area contributed by atoms with Gasteiger partial charge in [0.2, 0.25) is 5.91 Å². The van der Waals surface area contributed by atoms with Gasteiger partial charge in [0.05, 0.1) is 24.5 Å². The molecule has 0 aliphatic carbocycles. The van der Waals surface area contributed by atoms with Gasteiger partial charge in [-0.25, -0.2) is 4.79 Å². The van der Waals surface area contributed by atoms with Crippen LogP contribution in [0.4, 0.5) is 5.69 Å². The largest absolute Gasteiger partial charge is 0.497 e. The Morgan fingerprint density at radius 1 is 0.914 bits per heavy atom. The van der Waals surface area contributed by atoms with E-state index >= 15 is 0 Å². The third-order valence-corrected chi connectivity index (χ3v) is 6.20. The first-order valence-corrected chi connectivity index (χ1v) is 12.1. The van der Waals surface area contributed by atoms with Crippen LogP contribution in [0, 0.1) is 0 Å². The van der Waals surface area contributed by atoms with Crippen molar-refractivity contribution in [3.8, 4) is 5.75 Å². The van der Waals surface area contributed by atoms with Crippen LogP contribution in [0.3, 0.4) is 0 Å². The molecule has 2 atom stereocenters. The van der Waals surface area contributed by atoms with Crippen LogP contribution in [0.2, 0.25) is 0 Å². The quantitative estimate of drug-likeness (QED) is 0.310. The van der Waals surface area contributed by atoms with E-state index in [0.717, 1.165) is 5.56 Å². The van der Waals surface area contributed by atoms with Crippen LogP contribution in [0.15, 0.2) is 83.8 Å². The van der Waals surface area contributed by atoms with Crippen molar-refractivity contribution in [1.82, 2.24) is 5.32 Å². The fourth-order valence-electron chi connectivity index (χ4n) is 3.24. The first-order valence-electron chi connectivity index (χ1n) is 11.1. The van der Waals surface area contributed by atoms with Crippen LogP contribution in [0.1, 0.15) is 35.8 Å². The number of anilines is 1. The van der Waals surface area contributed by atoms with Gasteiger partial charge in [-0.1, -0.05) is 48.5 Å². The molecular formula is C27H28N2O5S. The van der Waals surface area contributed by atoms with Crippen molar-refractivity contribution in [2.75, 3.05) is 18.2 Å². The number of amides is 2. The zero-order valence-corrected chi connectivity index (χ0v) is 20.6. The average Bonchev–Trinajstić information content (AvgIpc) is 2.88. The zero-order valence-electron chi connectivity index (χ0n) is 19.8. The van der Waals surface area contributed by atoms with E-state index in [9.17, 15) is 14.4 Å². The Hall–Kier alpha value is -3.78. The van der Waals surface area contributed by atoms with E-state index in [1.165, 1.54) is 18.7 Å². The minimum atomic E-state index is -0.983. The monoisotopic (exact) mass is 492 g/mol. The summed E-state index contributed by atoms with van der Waals surface area (Å²) < 4.78 is 10.6. The molecule has 0 saturated heterocycles. The summed E-state index contributed by atoms with van der Waals surface area (Å²) in [5.41, 5.74) is 1.86. The molecule has 0 aromatic heterocycles. The first-order chi connectivity index (χ1) is 16.9. The van der Waals surface area contributed by atoms with E-state index in [2.05, 4.69) is 10.6 Å². The van der Waals surface area contributed by atoms with Gasteiger partial charge in [-0.15, -0.1) is 11.8 Å². The third-order valence-electron chi connectivity index (χ3n) is 5.13. The van der Waals surface area contributed by atoms with Crippen LogP contribution < -0.4 is 15.4 Å². The molecule has 3 aromatic carbocycles. The Morgan fingerprint density at radius 3 is 2.37 bits per heavy atom. The summed E-state index contributed by atoms with van der Waals surface area (Å²) >= 11 is 1.21. The van der Waals surface area contributed by atoms with Gasteiger partial charge in [0.25, 0.3) is 5.91 Å². The molecule has 0 saturated carbocycles. The van der Waals surface area contributed by atoms with Gasteiger partial charge >= 0.3 is 5.97 Å². The highest BCUT2D eigenvalue weighted by Gasteiger charge is 2.22. The molecule has 0 radical (unpaired) electrons. The highest BCUT2D eigenvalue weighted by atomic mass is 32.2. The number of hydrogen-bond acceptors (Lipinski definition) is 6. The van der Waals surface area contributed by atoms with Crippen LogP contribution >= 0.6 is 11.8 Å². The molecule has 182 valence electrons. The second-order valence-corrected chi connectivity index (χ2v) is 8.77. The van der Waals surface area contributed by atoms with E-state index in [1.807, 2.05) is 37.3 Å². The maximum Gasteiger partial charge on any atom is 0.340 e. The second kappa shape index (κ2) is 12.6. The normalized spacial score (nSPS) is 12.2. The van der Waals surface area contributed by atoms with Crippen molar-refractivity contribution in [3.05, 3.63) is 90.0 Å². The lowest BCUT2D eigenvalue weighted by Crippen LogP contribution is -2.37. The van der Waals surface area contributed by atoms with Crippen molar-refractivity contribution in [2.24, 2.45) is 0 Å². The van der Waals surface area contributed by atoms with Crippen molar-refractivity contribution in [3.63, 3.8) is 0 Å². The summed E-state index contributed by atoms with van der Waals surface area (Å²) in [5.74, 6) is -0.519. The van der Waals surface area contributed by atoms with Crippen molar-refractivity contribution < 1.29 is 23.9 Å². The third kappa shape index (κ3) is 7.61. The number of esters is 1. The lowest BCUT2D eigenvalue weighted by Gasteiger charge is -2.19. The molecule has 0 bridgehead atoms. The lowest BCUT2D eigenvalue weighted by atomic mass is 10.1. The van der Waals surface area contributed by atoms with Gasteiger partial charge < -0.3 is 20.1 Å². The van der Waals surface area contributed by atoms with E-state index in [4.69, 9.17) is 9.47 Å². The smallest absolute Gasteiger partial charge is 0.340 e. The standard InChI is InChI=1S/C27H28N2O5S/c1-18(20-10-5-4-6-11-20)28-26(31)19(2)34-27(32)23-14-7-8-15-24(23)35-17-25(30)29-21-12-9-13-22(16-21)33-3/h4-16,18-19H,17H2,1-3H3,(H,28,31)(H,29,30). The molecule has 0 heterocycles. The molecule has 2 N–H and O–H groups in total. The maximum absolute atomic E-state index is 12.8. The Bertz CT molecular complexity index is 1170. The summed E-state index contributed by atoms with van der Waals surface area (Å²) in [6, 6.07) is 23.2. The predicted octanol–water partition coefficient (Wildman–Crippen LogP) is 4.85. The van der Waals surface area contributed by atoms with Crippen LogP contribution in [0.25, 0.3) is 0 Å². The van der Waals surface area contributed by atoms with Crippen LogP contribution in [-0.2, 0) is 14.3 Å². The molecule has 0 aliphatic rings. The van der Waals surface area contributed by atoms with Crippen molar-refractivity contribution in [2.45, 2.75) is 30.9 Å². The van der Waals surface area contributed by atoms with E-state index in [-0.39, 0.29) is 17.7 Å².